The van der Waals surface area contributed by atoms with Crippen molar-refractivity contribution in [3.8, 4) is 0 Å². The molecule has 1 aliphatic carbocycles. The Hall–Kier alpha value is -2.08. The minimum absolute atomic E-state index is 0.0665. The van der Waals surface area contributed by atoms with Gasteiger partial charge in [-0.15, -0.1) is 0 Å². The van der Waals surface area contributed by atoms with Gasteiger partial charge in [-0.05, 0) is 29.4 Å². The fourth-order valence-electron chi connectivity index (χ4n) is 4.57. The molecule has 0 bridgehead atoms. The van der Waals surface area contributed by atoms with Crippen LogP contribution in [-0.4, -0.2) is 0 Å². The van der Waals surface area contributed by atoms with Crippen molar-refractivity contribution in [2.45, 2.75) is 52.4 Å². The molecule has 0 unspecified atom stereocenters. The predicted molar refractivity (Wildman–Crippen MR) is 109 cm³/mol. The Balaban J connectivity index is 2.26. The Morgan fingerprint density at radius 3 is 1.76 bits per heavy atom. The van der Waals surface area contributed by atoms with Crippen molar-refractivity contribution in [2.24, 2.45) is 5.41 Å². The van der Waals surface area contributed by atoms with Crippen LogP contribution in [0, 0.1) is 5.41 Å². The highest BCUT2D eigenvalue weighted by Gasteiger charge is 2.47. The monoisotopic (exact) mass is 330 g/mol. The smallest absolute Gasteiger partial charge is 0.0465 e. The molecule has 0 amide bonds. The molecule has 2 aromatic rings. The van der Waals surface area contributed by atoms with E-state index in [1.54, 1.807) is 0 Å². The minimum Gasteiger partial charge on any atom is -0.0772 e. The molecule has 0 nitrogen and oxygen atoms in total. The summed E-state index contributed by atoms with van der Waals surface area (Å²) in [6.07, 6.45) is 8.35. The zero-order chi connectivity index (χ0) is 17.9. The second kappa shape index (κ2) is 7.04. The molecule has 25 heavy (non-hydrogen) atoms. The lowest BCUT2D eigenvalue weighted by molar-refractivity contribution is 0.265. The van der Waals surface area contributed by atoms with E-state index >= 15 is 0 Å². The highest BCUT2D eigenvalue weighted by molar-refractivity contribution is 5.55. The van der Waals surface area contributed by atoms with Crippen LogP contribution < -0.4 is 0 Å². The van der Waals surface area contributed by atoms with Gasteiger partial charge >= 0.3 is 0 Å². The third-order valence-corrected chi connectivity index (χ3v) is 5.50. The maximum absolute atomic E-state index is 2.48. The molecule has 3 rings (SSSR count). The van der Waals surface area contributed by atoms with Gasteiger partial charge in [-0.2, -0.15) is 0 Å². The Labute approximate surface area is 153 Å². The molecule has 0 aliphatic heterocycles. The van der Waals surface area contributed by atoms with Crippen molar-refractivity contribution < 1.29 is 0 Å². The first-order valence-electron chi connectivity index (χ1n) is 9.51. The summed E-state index contributed by atoms with van der Waals surface area (Å²) in [6, 6.07) is 22.1. The van der Waals surface area contributed by atoms with Crippen molar-refractivity contribution >= 4 is 0 Å². The van der Waals surface area contributed by atoms with Gasteiger partial charge < -0.3 is 0 Å². The van der Waals surface area contributed by atoms with Crippen LogP contribution >= 0.6 is 0 Å². The van der Waals surface area contributed by atoms with E-state index in [1.165, 1.54) is 35.1 Å². The van der Waals surface area contributed by atoms with Gasteiger partial charge in [0.2, 0.25) is 0 Å². The Morgan fingerprint density at radius 1 is 0.800 bits per heavy atom. The van der Waals surface area contributed by atoms with Crippen molar-refractivity contribution in [2.75, 3.05) is 0 Å². The zero-order valence-corrected chi connectivity index (χ0v) is 16.0. The summed E-state index contributed by atoms with van der Waals surface area (Å²) in [5.41, 5.74) is 5.77. The van der Waals surface area contributed by atoms with E-state index in [2.05, 4.69) is 101 Å². The molecule has 0 N–H and O–H groups in total. The van der Waals surface area contributed by atoms with Crippen LogP contribution in [-0.2, 0) is 5.41 Å². The molecule has 0 spiro atoms. The van der Waals surface area contributed by atoms with Gasteiger partial charge in [0.1, 0.15) is 0 Å². The first-order chi connectivity index (χ1) is 12.0. The Bertz CT molecular complexity index is 715. The van der Waals surface area contributed by atoms with Crippen LogP contribution in [0.1, 0.15) is 58.1 Å². The number of benzene rings is 2. The van der Waals surface area contributed by atoms with Gasteiger partial charge in [-0.3, -0.25) is 0 Å². The average molecular weight is 331 g/mol. The summed E-state index contributed by atoms with van der Waals surface area (Å²) in [7, 11) is 0. The molecular formula is C25H30. The van der Waals surface area contributed by atoms with E-state index in [1.807, 2.05) is 0 Å². The van der Waals surface area contributed by atoms with Crippen LogP contribution in [0.25, 0.3) is 0 Å². The summed E-state index contributed by atoms with van der Waals surface area (Å²) in [4.78, 5) is 0. The molecule has 0 saturated heterocycles. The molecule has 2 aromatic carbocycles. The van der Waals surface area contributed by atoms with Crippen molar-refractivity contribution in [1.29, 1.82) is 0 Å². The predicted octanol–water partition coefficient (Wildman–Crippen LogP) is 7.08. The second-order valence-corrected chi connectivity index (χ2v) is 8.13. The summed E-state index contributed by atoms with van der Waals surface area (Å²) < 4.78 is 0. The highest BCUT2D eigenvalue weighted by atomic mass is 14.5. The lowest BCUT2D eigenvalue weighted by Gasteiger charge is -2.47. The third-order valence-electron chi connectivity index (χ3n) is 5.50. The van der Waals surface area contributed by atoms with Gasteiger partial charge in [0.15, 0.2) is 0 Å². The Morgan fingerprint density at radius 2 is 1.32 bits per heavy atom. The number of hydrogen-bond acceptors (Lipinski definition) is 0. The van der Waals surface area contributed by atoms with Gasteiger partial charge in [-0.1, -0.05) is 118 Å². The fraction of sp³-hybridized carbons (Fsp3) is 0.360. The maximum atomic E-state index is 2.48. The van der Waals surface area contributed by atoms with Crippen LogP contribution in [0.3, 0.4) is 0 Å². The SMILES string of the molecule is CCCC1=CCC(C(c2ccccc2)(c2ccccc2)C(C)(C)C)=C1. The molecule has 130 valence electrons. The minimum atomic E-state index is -0.110. The third kappa shape index (κ3) is 3.11. The van der Waals surface area contributed by atoms with E-state index in [0.717, 1.165) is 6.42 Å². The Kier molecular flexibility index (Phi) is 4.99. The molecule has 0 atom stereocenters. The van der Waals surface area contributed by atoms with Crippen molar-refractivity contribution in [3.05, 3.63) is 95.1 Å². The molecule has 1 aliphatic rings. The topological polar surface area (TPSA) is 0 Å². The highest BCUT2D eigenvalue weighted by Crippen LogP contribution is 2.54. The molecule has 0 saturated carbocycles. The average Bonchev–Trinajstić information content (AvgIpc) is 3.05. The van der Waals surface area contributed by atoms with E-state index < -0.39 is 0 Å². The quantitative estimate of drug-likeness (QED) is 0.549. The summed E-state index contributed by atoms with van der Waals surface area (Å²) in [6.45, 7) is 9.40. The molecule has 0 fully saturated rings. The van der Waals surface area contributed by atoms with Gasteiger partial charge in [0, 0.05) is 5.41 Å². The van der Waals surface area contributed by atoms with Crippen LogP contribution in [0.2, 0.25) is 0 Å². The van der Waals surface area contributed by atoms with Crippen LogP contribution in [0.4, 0.5) is 0 Å². The van der Waals surface area contributed by atoms with E-state index in [4.69, 9.17) is 0 Å². The maximum Gasteiger partial charge on any atom is 0.0465 e. The van der Waals surface area contributed by atoms with Gasteiger partial charge in [-0.25, -0.2) is 0 Å². The van der Waals surface area contributed by atoms with Crippen LogP contribution in [0.15, 0.2) is 84.0 Å². The summed E-state index contributed by atoms with van der Waals surface area (Å²) >= 11 is 0. The number of hydrogen-bond donors (Lipinski definition) is 0. The first kappa shape index (κ1) is 17.7. The number of allylic oxidation sites excluding steroid dienone is 4. The zero-order valence-electron chi connectivity index (χ0n) is 16.0. The lowest BCUT2D eigenvalue weighted by Crippen LogP contribution is -2.42. The van der Waals surface area contributed by atoms with Crippen molar-refractivity contribution in [1.82, 2.24) is 0 Å². The lowest BCUT2D eigenvalue weighted by atomic mass is 9.55. The summed E-state index contributed by atoms with van der Waals surface area (Å²) in [5, 5.41) is 0. The van der Waals surface area contributed by atoms with Crippen molar-refractivity contribution in [3.63, 3.8) is 0 Å². The van der Waals surface area contributed by atoms with E-state index in [0.29, 0.717) is 0 Å². The van der Waals surface area contributed by atoms with Crippen LogP contribution in [0.5, 0.6) is 0 Å². The molecule has 0 radical (unpaired) electrons. The molecule has 0 aromatic heterocycles. The number of rotatable bonds is 5. The molecular weight excluding hydrogens is 300 g/mol. The largest absolute Gasteiger partial charge is 0.0772 e. The molecule has 0 heteroatoms. The first-order valence-corrected chi connectivity index (χ1v) is 9.51. The normalized spacial score (nSPS) is 15.0. The second-order valence-electron chi connectivity index (χ2n) is 8.13. The summed E-state index contributed by atoms with van der Waals surface area (Å²) in [5.74, 6) is 0. The standard InChI is InChI=1S/C25H30/c1-5-12-20-17-18-23(19-20)25(24(2,3)4,21-13-8-6-9-14-21)22-15-10-7-11-16-22/h6-11,13-17,19H,5,12,18H2,1-4H3. The van der Waals surface area contributed by atoms with Gasteiger partial charge in [0.05, 0.1) is 0 Å². The molecule has 0 heterocycles. The fourth-order valence-corrected chi connectivity index (χ4v) is 4.57. The van der Waals surface area contributed by atoms with E-state index in [9.17, 15) is 0 Å². The van der Waals surface area contributed by atoms with Gasteiger partial charge in [0.25, 0.3) is 0 Å². The van der Waals surface area contributed by atoms with E-state index in [-0.39, 0.29) is 10.8 Å².